The Hall–Kier alpha value is -4.06. The van der Waals surface area contributed by atoms with Gasteiger partial charge < -0.3 is 9.31 Å². The molecule has 0 unspecified atom stereocenters. The Kier molecular flexibility index (Phi) is 5.38. The highest BCUT2D eigenvalue weighted by atomic mass is 16.7. The van der Waals surface area contributed by atoms with E-state index in [1.165, 1.54) is 10.8 Å². The first kappa shape index (κ1) is 24.0. The first-order valence-electron chi connectivity index (χ1n) is 13.4. The van der Waals surface area contributed by atoms with Crippen LogP contribution in [-0.4, -0.2) is 28.3 Å². The Morgan fingerprint density at radius 3 is 1.87 bits per heavy atom. The van der Waals surface area contributed by atoms with Crippen LogP contribution in [0.3, 0.4) is 0 Å². The fraction of sp³-hybridized carbons (Fsp3) is 0.176. The van der Waals surface area contributed by atoms with Gasteiger partial charge in [0.25, 0.3) is 0 Å². The lowest BCUT2D eigenvalue weighted by Crippen LogP contribution is -2.41. The van der Waals surface area contributed by atoms with Crippen molar-refractivity contribution in [2.45, 2.75) is 38.9 Å². The summed E-state index contributed by atoms with van der Waals surface area (Å²) in [6, 6.07) is 32.2. The minimum atomic E-state index is -0.420. The Morgan fingerprint density at radius 1 is 0.538 bits per heavy atom. The third kappa shape index (κ3) is 3.84. The van der Waals surface area contributed by atoms with E-state index in [0.29, 0.717) is 0 Å². The molecule has 0 aliphatic carbocycles. The Balaban J connectivity index is 1.35. The van der Waals surface area contributed by atoms with E-state index in [-0.39, 0.29) is 0 Å². The number of benzene rings is 5. The van der Waals surface area contributed by atoms with Gasteiger partial charge in [-0.05, 0) is 78.3 Å². The standard InChI is InChI=1S/C34H29BN2O2/c1-33(2)34(3,4)39-35(38-33)30-15-8-7-12-25(30)24-11-9-10-22(20-24)23-16-17-28-29(21-23)26-13-5-6-14-27(26)31-32(28)37-19-18-36-31/h5-21H,1-4H3. The second kappa shape index (κ2) is 8.73. The maximum atomic E-state index is 6.42. The normalized spacial score (nSPS) is 16.4. The van der Waals surface area contributed by atoms with Gasteiger partial charge in [-0.25, -0.2) is 0 Å². The molecule has 5 aromatic carbocycles. The van der Waals surface area contributed by atoms with Crippen molar-refractivity contribution < 1.29 is 9.31 Å². The van der Waals surface area contributed by atoms with E-state index in [1.807, 2.05) is 0 Å². The van der Waals surface area contributed by atoms with Gasteiger partial charge in [-0.3, -0.25) is 9.97 Å². The zero-order valence-corrected chi connectivity index (χ0v) is 22.6. The summed E-state index contributed by atoms with van der Waals surface area (Å²) in [7, 11) is -0.420. The lowest BCUT2D eigenvalue weighted by atomic mass is 9.74. The molecule has 6 aromatic rings. The van der Waals surface area contributed by atoms with Gasteiger partial charge in [0.15, 0.2) is 0 Å². The molecule has 2 heterocycles. The van der Waals surface area contributed by atoms with Crippen molar-refractivity contribution >= 4 is 45.2 Å². The van der Waals surface area contributed by atoms with Crippen LogP contribution >= 0.6 is 0 Å². The minimum Gasteiger partial charge on any atom is -0.399 e. The van der Waals surface area contributed by atoms with Crippen LogP contribution < -0.4 is 5.46 Å². The van der Waals surface area contributed by atoms with Gasteiger partial charge >= 0.3 is 7.12 Å². The Bertz CT molecular complexity index is 1850. The van der Waals surface area contributed by atoms with E-state index in [2.05, 4.69) is 124 Å². The van der Waals surface area contributed by atoms with Crippen molar-refractivity contribution in [2.24, 2.45) is 0 Å². The van der Waals surface area contributed by atoms with E-state index in [1.54, 1.807) is 12.4 Å². The summed E-state index contributed by atoms with van der Waals surface area (Å²) in [6.07, 6.45) is 3.54. The molecule has 1 aromatic heterocycles. The molecule has 7 rings (SSSR count). The van der Waals surface area contributed by atoms with Crippen LogP contribution in [0.2, 0.25) is 0 Å². The largest absolute Gasteiger partial charge is 0.495 e. The number of fused-ring (bicyclic) bond motifs is 6. The van der Waals surface area contributed by atoms with Crippen LogP contribution in [0.4, 0.5) is 0 Å². The summed E-state index contributed by atoms with van der Waals surface area (Å²) in [5.74, 6) is 0. The zero-order valence-electron chi connectivity index (χ0n) is 22.6. The van der Waals surface area contributed by atoms with Gasteiger partial charge in [-0.2, -0.15) is 0 Å². The summed E-state index contributed by atoms with van der Waals surface area (Å²) in [5, 5.41) is 4.60. The number of hydrogen-bond acceptors (Lipinski definition) is 4. The van der Waals surface area contributed by atoms with Crippen LogP contribution in [-0.2, 0) is 9.31 Å². The third-order valence-corrected chi connectivity index (χ3v) is 8.42. The van der Waals surface area contributed by atoms with E-state index in [9.17, 15) is 0 Å². The number of rotatable bonds is 3. The first-order valence-corrected chi connectivity index (χ1v) is 13.4. The number of nitrogens with zero attached hydrogens (tertiary/aromatic N) is 2. The molecule has 0 saturated carbocycles. The Labute approximate surface area is 228 Å². The molecule has 0 N–H and O–H groups in total. The maximum Gasteiger partial charge on any atom is 0.495 e. The van der Waals surface area contributed by atoms with E-state index >= 15 is 0 Å². The lowest BCUT2D eigenvalue weighted by Gasteiger charge is -2.32. The molecule has 190 valence electrons. The molecule has 5 heteroatoms. The monoisotopic (exact) mass is 508 g/mol. The quantitative estimate of drug-likeness (QED) is 0.183. The number of hydrogen-bond donors (Lipinski definition) is 0. The summed E-state index contributed by atoms with van der Waals surface area (Å²) in [4.78, 5) is 9.36. The average Bonchev–Trinajstić information content (AvgIpc) is 3.19. The third-order valence-electron chi connectivity index (χ3n) is 8.42. The van der Waals surface area contributed by atoms with E-state index in [0.717, 1.165) is 49.5 Å². The minimum absolute atomic E-state index is 0.394. The van der Waals surface area contributed by atoms with Gasteiger partial charge in [-0.1, -0.05) is 78.9 Å². The molecule has 1 fully saturated rings. The molecule has 1 aliphatic rings. The average molecular weight is 508 g/mol. The van der Waals surface area contributed by atoms with Gasteiger partial charge in [-0.15, -0.1) is 0 Å². The van der Waals surface area contributed by atoms with Crippen LogP contribution in [0, 0.1) is 0 Å². The van der Waals surface area contributed by atoms with Crippen molar-refractivity contribution in [2.75, 3.05) is 0 Å². The first-order chi connectivity index (χ1) is 18.8. The lowest BCUT2D eigenvalue weighted by molar-refractivity contribution is 0.00578. The van der Waals surface area contributed by atoms with Crippen LogP contribution in [0.15, 0.2) is 103 Å². The summed E-state index contributed by atoms with van der Waals surface area (Å²) in [5.41, 5.74) is 6.69. The van der Waals surface area contributed by atoms with Crippen LogP contribution in [0.1, 0.15) is 27.7 Å². The van der Waals surface area contributed by atoms with Gasteiger partial charge in [0, 0.05) is 23.2 Å². The second-order valence-electron chi connectivity index (χ2n) is 11.3. The number of aromatic nitrogens is 2. The maximum absolute atomic E-state index is 6.42. The summed E-state index contributed by atoms with van der Waals surface area (Å²) >= 11 is 0. The van der Waals surface area contributed by atoms with Crippen molar-refractivity contribution in [3.8, 4) is 22.3 Å². The fourth-order valence-corrected chi connectivity index (χ4v) is 5.61. The topological polar surface area (TPSA) is 44.2 Å². The highest BCUT2D eigenvalue weighted by molar-refractivity contribution is 6.63. The van der Waals surface area contributed by atoms with Crippen molar-refractivity contribution in [1.29, 1.82) is 0 Å². The molecular weight excluding hydrogens is 479 g/mol. The molecule has 1 aliphatic heterocycles. The van der Waals surface area contributed by atoms with Crippen molar-refractivity contribution in [3.63, 3.8) is 0 Å². The highest BCUT2D eigenvalue weighted by Crippen LogP contribution is 2.38. The molecule has 0 radical (unpaired) electrons. The summed E-state index contributed by atoms with van der Waals surface area (Å²) < 4.78 is 12.8. The molecule has 39 heavy (non-hydrogen) atoms. The predicted molar refractivity (Wildman–Crippen MR) is 161 cm³/mol. The molecular formula is C34H29BN2O2. The highest BCUT2D eigenvalue weighted by Gasteiger charge is 2.52. The second-order valence-corrected chi connectivity index (χ2v) is 11.3. The summed E-state index contributed by atoms with van der Waals surface area (Å²) in [6.45, 7) is 8.37. The molecule has 4 nitrogen and oxygen atoms in total. The van der Waals surface area contributed by atoms with Gasteiger partial charge in [0.1, 0.15) is 0 Å². The Morgan fingerprint density at radius 2 is 1.13 bits per heavy atom. The molecule has 0 amide bonds. The SMILES string of the molecule is CC1(C)OB(c2ccccc2-c2cccc(-c3ccc4c(c3)c3ccccc3c3nccnc43)c2)OC1(C)C. The van der Waals surface area contributed by atoms with Crippen LogP contribution in [0.5, 0.6) is 0 Å². The van der Waals surface area contributed by atoms with Gasteiger partial charge in [0.2, 0.25) is 0 Å². The predicted octanol–water partition coefficient (Wildman–Crippen LogP) is 7.57. The van der Waals surface area contributed by atoms with Crippen LogP contribution in [0.25, 0.3) is 54.8 Å². The molecule has 0 atom stereocenters. The zero-order chi connectivity index (χ0) is 26.8. The smallest absolute Gasteiger partial charge is 0.399 e. The molecule has 0 spiro atoms. The van der Waals surface area contributed by atoms with E-state index < -0.39 is 18.3 Å². The van der Waals surface area contributed by atoms with Crippen molar-refractivity contribution in [1.82, 2.24) is 9.97 Å². The molecule has 0 bridgehead atoms. The van der Waals surface area contributed by atoms with E-state index in [4.69, 9.17) is 14.3 Å². The van der Waals surface area contributed by atoms with Crippen molar-refractivity contribution in [3.05, 3.63) is 103 Å². The van der Waals surface area contributed by atoms with Gasteiger partial charge in [0.05, 0.1) is 22.2 Å². The fourth-order valence-electron chi connectivity index (χ4n) is 5.61. The molecule has 1 saturated heterocycles.